The van der Waals surface area contributed by atoms with Gasteiger partial charge in [0.2, 0.25) is 11.8 Å². The Morgan fingerprint density at radius 3 is 2.46 bits per heavy atom. The Balaban J connectivity index is 1.75. The molecular formula is C19H15ClN4O3S. The predicted molar refractivity (Wildman–Crippen MR) is 106 cm³/mol. The van der Waals surface area contributed by atoms with Gasteiger partial charge in [0.25, 0.3) is 10.0 Å². The van der Waals surface area contributed by atoms with Crippen LogP contribution in [-0.2, 0) is 16.6 Å². The summed E-state index contributed by atoms with van der Waals surface area (Å²) in [6, 6.07) is 18.7. The Hall–Kier alpha value is -3.10. The van der Waals surface area contributed by atoms with Crippen LogP contribution in [0.15, 0.2) is 82.3 Å². The number of aromatic nitrogens is 3. The van der Waals surface area contributed by atoms with Crippen molar-refractivity contribution in [3.05, 3.63) is 83.6 Å². The van der Waals surface area contributed by atoms with E-state index in [0.29, 0.717) is 10.8 Å². The van der Waals surface area contributed by atoms with E-state index in [1.807, 2.05) is 18.2 Å². The maximum atomic E-state index is 13.1. The standard InChI is InChI=1S/C19H15ClN4O3S/c20-16-10-5-4-7-14(16)13-21-19-22-18(17-11-6-12-27-17)23-24(19)28(25,26)15-8-2-1-3-9-15/h1-12H,13H2,(H,21,22,23). The van der Waals surface area contributed by atoms with Crippen molar-refractivity contribution >= 4 is 27.6 Å². The van der Waals surface area contributed by atoms with Crippen LogP contribution in [0.1, 0.15) is 5.56 Å². The monoisotopic (exact) mass is 414 g/mol. The molecule has 9 heteroatoms. The van der Waals surface area contributed by atoms with Crippen molar-refractivity contribution in [2.45, 2.75) is 11.4 Å². The molecule has 0 amide bonds. The van der Waals surface area contributed by atoms with Crippen LogP contribution in [0.3, 0.4) is 0 Å². The SMILES string of the molecule is O=S(=O)(c1ccccc1)n1nc(-c2ccco2)nc1NCc1ccccc1Cl. The second kappa shape index (κ2) is 7.49. The van der Waals surface area contributed by atoms with E-state index in [0.717, 1.165) is 9.65 Å². The van der Waals surface area contributed by atoms with Crippen LogP contribution >= 0.6 is 11.6 Å². The van der Waals surface area contributed by atoms with Crippen molar-refractivity contribution in [2.75, 3.05) is 5.32 Å². The molecule has 0 aliphatic rings. The molecule has 0 aliphatic carbocycles. The summed E-state index contributed by atoms with van der Waals surface area (Å²) in [6.45, 7) is 0.278. The van der Waals surface area contributed by atoms with E-state index in [1.54, 1.807) is 36.4 Å². The van der Waals surface area contributed by atoms with Crippen molar-refractivity contribution in [1.29, 1.82) is 0 Å². The van der Waals surface area contributed by atoms with Crippen molar-refractivity contribution in [2.24, 2.45) is 0 Å². The van der Waals surface area contributed by atoms with Gasteiger partial charge in [0.15, 0.2) is 5.76 Å². The van der Waals surface area contributed by atoms with Crippen LogP contribution in [-0.4, -0.2) is 22.6 Å². The summed E-state index contributed by atoms with van der Waals surface area (Å²) in [5, 5.41) is 7.74. The zero-order valence-corrected chi connectivity index (χ0v) is 16.1. The number of hydrogen-bond acceptors (Lipinski definition) is 6. The summed E-state index contributed by atoms with van der Waals surface area (Å²) in [6.07, 6.45) is 1.47. The van der Waals surface area contributed by atoms with Crippen LogP contribution in [0, 0.1) is 0 Å². The van der Waals surface area contributed by atoms with Gasteiger partial charge in [-0.1, -0.05) is 48.0 Å². The molecule has 0 saturated heterocycles. The lowest BCUT2D eigenvalue weighted by molar-refractivity contribution is 0.573. The highest BCUT2D eigenvalue weighted by Crippen LogP contribution is 2.24. The first-order valence-corrected chi connectivity index (χ1v) is 10.2. The third-order valence-electron chi connectivity index (χ3n) is 3.98. The fourth-order valence-corrected chi connectivity index (χ4v) is 4.01. The van der Waals surface area contributed by atoms with Gasteiger partial charge < -0.3 is 9.73 Å². The fraction of sp³-hybridized carbons (Fsp3) is 0.0526. The van der Waals surface area contributed by atoms with Gasteiger partial charge in [-0.3, -0.25) is 0 Å². The Bertz CT molecular complexity index is 1190. The zero-order valence-electron chi connectivity index (χ0n) is 14.5. The number of furan rings is 1. The molecule has 2 aromatic heterocycles. The number of hydrogen-bond donors (Lipinski definition) is 1. The van der Waals surface area contributed by atoms with Crippen LogP contribution in [0.25, 0.3) is 11.6 Å². The van der Waals surface area contributed by atoms with Gasteiger partial charge in [-0.2, -0.15) is 13.4 Å². The minimum Gasteiger partial charge on any atom is -0.461 e. The molecule has 142 valence electrons. The van der Waals surface area contributed by atoms with Crippen LogP contribution in [0.5, 0.6) is 0 Å². The molecule has 1 N–H and O–H groups in total. The molecule has 0 saturated carbocycles. The Morgan fingerprint density at radius 1 is 1.00 bits per heavy atom. The molecule has 7 nitrogen and oxygen atoms in total. The number of nitrogens with zero attached hydrogens (tertiary/aromatic N) is 3. The van der Waals surface area contributed by atoms with Crippen LogP contribution < -0.4 is 5.32 Å². The third-order valence-corrected chi connectivity index (χ3v) is 5.93. The highest BCUT2D eigenvalue weighted by Gasteiger charge is 2.25. The molecule has 2 heterocycles. The molecule has 0 fully saturated rings. The highest BCUT2D eigenvalue weighted by molar-refractivity contribution is 7.90. The number of rotatable bonds is 6. The Labute approximate surface area is 166 Å². The molecule has 0 unspecified atom stereocenters. The quantitative estimate of drug-likeness (QED) is 0.512. The third kappa shape index (κ3) is 3.51. The molecular weight excluding hydrogens is 400 g/mol. The first-order chi connectivity index (χ1) is 13.6. The van der Waals surface area contributed by atoms with E-state index >= 15 is 0 Å². The van der Waals surface area contributed by atoms with Gasteiger partial charge >= 0.3 is 0 Å². The van der Waals surface area contributed by atoms with Crippen molar-refractivity contribution in [3.8, 4) is 11.6 Å². The van der Waals surface area contributed by atoms with E-state index in [9.17, 15) is 8.42 Å². The van der Waals surface area contributed by atoms with E-state index in [2.05, 4.69) is 15.4 Å². The second-order valence-electron chi connectivity index (χ2n) is 5.84. The maximum absolute atomic E-state index is 13.1. The number of anilines is 1. The molecule has 0 atom stereocenters. The fourth-order valence-electron chi connectivity index (χ4n) is 2.59. The smallest absolute Gasteiger partial charge is 0.286 e. The van der Waals surface area contributed by atoms with Crippen LogP contribution in [0.2, 0.25) is 5.02 Å². The van der Waals surface area contributed by atoms with Crippen molar-refractivity contribution < 1.29 is 12.8 Å². The molecule has 4 aromatic rings. The summed E-state index contributed by atoms with van der Waals surface area (Å²) in [4.78, 5) is 4.42. The largest absolute Gasteiger partial charge is 0.461 e. The normalized spacial score (nSPS) is 11.5. The van der Waals surface area contributed by atoms with E-state index in [4.69, 9.17) is 16.0 Å². The average Bonchev–Trinajstić information content (AvgIpc) is 3.38. The molecule has 0 spiro atoms. The molecule has 4 rings (SSSR count). The Morgan fingerprint density at radius 2 is 1.75 bits per heavy atom. The van der Waals surface area contributed by atoms with Crippen molar-refractivity contribution in [3.63, 3.8) is 0 Å². The van der Waals surface area contributed by atoms with E-state index < -0.39 is 10.0 Å². The Kier molecular flexibility index (Phi) is 4.89. The molecule has 0 aliphatic heterocycles. The summed E-state index contributed by atoms with van der Waals surface area (Å²) in [5.41, 5.74) is 0.801. The summed E-state index contributed by atoms with van der Waals surface area (Å²) in [5.74, 6) is 0.587. The molecule has 0 bridgehead atoms. The summed E-state index contributed by atoms with van der Waals surface area (Å²) < 4.78 is 32.3. The van der Waals surface area contributed by atoms with Gasteiger partial charge in [0.05, 0.1) is 11.2 Å². The number of nitrogens with one attached hydrogen (secondary N) is 1. The van der Waals surface area contributed by atoms with E-state index in [1.165, 1.54) is 18.4 Å². The lowest BCUT2D eigenvalue weighted by atomic mass is 10.2. The van der Waals surface area contributed by atoms with Gasteiger partial charge in [0, 0.05) is 11.6 Å². The average molecular weight is 415 g/mol. The first kappa shape index (κ1) is 18.3. The lowest BCUT2D eigenvalue weighted by Crippen LogP contribution is -2.18. The lowest BCUT2D eigenvalue weighted by Gasteiger charge is -2.09. The number of halogens is 1. The minimum atomic E-state index is -3.95. The topological polar surface area (TPSA) is 90.0 Å². The summed E-state index contributed by atoms with van der Waals surface area (Å²) >= 11 is 6.19. The van der Waals surface area contributed by atoms with Gasteiger partial charge in [0.1, 0.15) is 0 Å². The maximum Gasteiger partial charge on any atom is 0.286 e. The van der Waals surface area contributed by atoms with Gasteiger partial charge in [-0.05, 0) is 35.9 Å². The first-order valence-electron chi connectivity index (χ1n) is 8.34. The molecule has 28 heavy (non-hydrogen) atoms. The summed E-state index contributed by atoms with van der Waals surface area (Å²) in [7, 11) is -3.95. The van der Waals surface area contributed by atoms with Gasteiger partial charge in [-0.15, -0.1) is 9.19 Å². The second-order valence-corrected chi connectivity index (χ2v) is 8.02. The minimum absolute atomic E-state index is 0.0650. The number of benzene rings is 2. The molecule has 0 radical (unpaired) electrons. The van der Waals surface area contributed by atoms with Crippen molar-refractivity contribution in [1.82, 2.24) is 14.2 Å². The van der Waals surface area contributed by atoms with Gasteiger partial charge in [-0.25, -0.2) is 0 Å². The van der Waals surface area contributed by atoms with E-state index in [-0.39, 0.29) is 23.2 Å². The zero-order chi connectivity index (χ0) is 19.6. The predicted octanol–water partition coefficient (Wildman–Crippen LogP) is 4.04. The molecule has 2 aromatic carbocycles. The van der Waals surface area contributed by atoms with Crippen LogP contribution in [0.4, 0.5) is 5.95 Å². The highest BCUT2D eigenvalue weighted by atomic mass is 35.5.